The van der Waals surface area contributed by atoms with E-state index in [9.17, 15) is 4.79 Å². The predicted octanol–water partition coefficient (Wildman–Crippen LogP) is 1.61. The second-order valence-electron chi connectivity index (χ2n) is 3.52. The smallest absolute Gasteiger partial charge is 0.338 e. The van der Waals surface area contributed by atoms with E-state index in [0.717, 1.165) is 0 Å². The third-order valence-corrected chi connectivity index (χ3v) is 2.06. The molecule has 0 spiro atoms. The molecule has 1 atom stereocenters. The molecule has 0 aromatic carbocycles. The molecular formula is C10H11NO3. The van der Waals surface area contributed by atoms with E-state index in [4.69, 9.17) is 9.15 Å². The molecule has 2 heterocycles. The Labute approximate surface area is 81.6 Å². The third-order valence-electron chi connectivity index (χ3n) is 2.06. The molecule has 4 nitrogen and oxygen atoms in total. The van der Waals surface area contributed by atoms with Crippen LogP contribution in [-0.4, -0.2) is 17.9 Å². The number of hydrogen-bond acceptors (Lipinski definition) is 4. The van der Waals surface area contributed by atoms with E-state index in [-0.39, 0.29) is 11.9 Å². The van der Waals surface area contributed by atoms with Gasteiger partial charge in [-0.05, 0) is 18.1 Å². The number of cyclic esters (lactones) is 1. The van der Waals surface area contributed by atoms with Gasteiger partial charge in [0, 0.05) is 0 Å². The average Bonchev–Trinajstić information content (AvgIpc) is 2.70. The van der Waals surface area contributed by atoms with Crippen molar-refractivity contribution in [1.29, 1.82) is 0 Å². The summed E-state index contributed by atoms with van der Waals surface area (Å²) in [6.07, 6.45) is 1.52. The maximum atomic E-state index is 11.3. The van der Waals surface area contributed by atoms with Crippen molar-refractivity contribution in [2.75, 3.05) is 0 Å². The molecule has 74 valence electrons. The maximum Gasteiger partial charge on any atom is 0.338 e. The van der Waals surface area contributed by atoms with E-state index in [1.807, 2.05) is 13.8 Å². The van der Waals surface area contributed by atoms with Crippen LogP contribution in [0.25, 0.3) is 0 Å². The first-order valence-electron chi connectivity index (χ1n) is 4.52. The van der Waals surface area contributed by atoms with Crippen molar-refractivity contribution in [1.82, 2.24) is 0 Å². The van der Waals surface area contributed by atoms with Crippen LogP contribution in [0.2, 0.25) is 0 Å². The average molecular weight is 193 g/mol. The van der Waals surface area contributed by atoms with Gasteiger partial charge in [0.25, 0.3) is 5.90 Å². The number of aliphatic imine (C=N–C) groups is 1. The zero-order chi connectivity index (χ0) is 10.1. The molecule has 1 aliphatic rings. The number of nitrogens with zero attached hydrogens (tertiary/aromatic N) is 1. The molecule has 2 rings (SSSR count). The fourth-order valence-electron chi connectivity index (χ4n) is 1.30. The van der Waals surface area contributed by atoms with Crippen molar-refractivity contribution in [2.45, 2.75) is 19.9 Å². The predicted molar refractivity (Wildman–Crippen MR) is 50.0 cm³/mol. The van der Waals surface area contributed by atoms with Gasteiger partial charge in [0.05, 0.1) is 6.26 Å². The number of esters is 1. The van der Waals surface area contributed by atoms with Crippen LogP contribution in [-0.2, 0) is 9.53 Å². The van der Waals surface area contributed by atoms with Gasteiger partial charge < -0.3 is 9.15 Å². The molecule has 0 aliphatic carbocycles. The number of rotatable bonds is 2. The molecule has 1 aromatic heterocycles. The van der Waals surface area contributed by atoms with Gasteiger partial charge in [-0.1, -0.05) is 13.8 Å². The Morgan fingerprint density at radius 2 is 2.29 bits per heavy atom. The Kier molecular flexibility index (Phi) is 2.11. The van der Waals surface area contributed by atoms with Crippen molar-refractivity contribution in [3.05, 3.63) is 24.2 Å². The summed E-state index contributed by atoms with van der Waals surface area (Å²) < 4.78 is 10.1. The Bertz CT molecular complexity index is 365. The lowest BCUT2D eigenvalue weighted by atomic mass is 10.1. The molecule has 0 radical (unpaired) electrons. The van der Waals surface area contributed by atoms with Gasteiger partial charge >= 0.3 is 5.97 Å². The van der Waals surface area contributed by atoms with Crippen LogP contribution in [0.15, 0.2) is 27.8 Å². The van der Waals surface area contributed by atoms with Crippen LogP contribution >= 0.6 is 0 Å². The van der Waals surface area contributed by atoms with E-state index < -0.39 is 6.04 Å². The highest BCUT2D eigenvalue weighted by Gasteiger charge is 2.33. The number of carbonyl (C=O) groups excluding carboxylic acids is 1. The van der Waals surface area contributed by atoms with E-state index in [2.05, 4.69) is 4.99 Å². The highest BCUT2D eigenvalue weighted by Crippen LogP contribution is 2.18. The molecule has 1 unspecified atom stereocenters. The molecule has 14 heavy (non-hydrogen) atoms. The largest absolute Gasteiger partial charge is 0.459 e. The summed E-state index contributed by atoms with van der Waals surface area (Å²) in [6.45, 7) is 3.86. The summed E-state index contributed by atoms with van der Waals surface area (Å²) in [5.74, 6) is 0.640. The topological polar surface area (TPSA) is 51.8 Å². The van der Waals surface area contributed by atoms with Crippen LogP contribution in [0, 0.1) is 5.92 Å². The quantitative estimate of drug-likeness (QED) is 0.670. The van der Waals surface area contributed by atoms with Crippen LogP contribution in [0.3, 0.4) is 0 Å². The maximum absolute atomic E-state index is 11.3. The normalized spacial score (nSPS) is 21.2. The summed E-state index contributed by atoms with van der Waals surface area (Å²) in [7, 11) is 0. The first kappa shape index (κ1) is 8.99. The van der Waals surface area contributed by atoms with Crippen LogP contribution in [0.4, 0.5) is 0 Å². The zero-order valence-corrected chi connectivity index (χ0v) is 8.06. The van der Waals surface area contributed by atoms with Gasteiger partial charge in [0.1, 0.15) is 0 Å². The van der Waals surface area contributed by atoms with Gasteiger partial charge in [-0.3, -0.25) is 0 Å². The fourth-order valence-corrected chi connectivity index (χ4v) is 1.30. The number of ether oxygens (including phenoxy) is 1. The van der Waals surface area contributed by atoms with Crippen molar-refractivity contribution in [2.24, 2.45) is 10.9 Å². The third kappa shape index (κ3) is 1.43. The second kappa shape index (κ2) is 3.29. The van der Waals surface area contributed by atoms with Crippen molar-refractivity contribution < 1.29 is 13.9 Å². The monoisotopic (exact) mass is 193 g/mol. The molecule has 0 fully saturated rings. The molecule has 0 saturated heterocycles. The van der Waals surface area contributed by atoms with Crippen molar-refractivity contribution in [3.8, 4) is 0 Å². The minimum absolute atomic E-state index is 0.148. The lowest BCUT2D eigenvalue weighted by Crippen LogP contribution is -2.20. The summed E-state index contributed by atoms with van der Waals surface area (Å²) >= 11 is 0. The van der Waals surface area contributed by atoms with E-state index in [1.165, 1.54) is 6.26 Å². The highest BCUT2D eigenvalue weighted by molar-refractivity contribution is 6.04. The molecular weight excluding hydrogens is 182 g/mol. The van der Waals surface area contributed by atoms with Gasteiger partial charge in [0.2, 0.25) is 0 Å². The van der Waals surface area contributed by atoms with Crippen LogP contribution in [0.1, 0.15) is 19.6 Å². The minimum atomic E-state index is -0.393. The first-order valence-corrected chi connectivity index (χ1v) is 4.52. The second-order valence-corrected chi connectivity index (χ2v) is 3.52. The molecule has 1 aromatic rings. The Morgan fingerprint density at radius 1 is 1.50 bits per heavy atom. The molecule has 0 bridgehead atoms. The number of furan rings is 1. The lowest BCUT2D eigenvalue weighted by Gasteiger charge is -2.04. The molecule has 1 aliphatic heterocycles. The molecule has 0 saturated carbocycles. The van der Waals surface area contributed by atoms with Crippen LogP contribution in [0.5, 0.6) is 0 Å². The SMILES string of the molecule is CC(C)C1N=C(c2ccco2)OC1=O. The minimum Gasteiger partial charge on any atom is -0.459 e. The first-order chi connectivity index (χ1) is 6.68. The van der Waals surface area contributed by atoms with Gasteiger partial charge in [-0.2, -0.15) is 0 Å². The molecule has 4 heteroatoms. The highest BCUT2D eigenvalue weighted by atomic mass is 16.6. The summed E-state index contributed by atoms with van der Waals surface area (Å²) in [6, 6.07) is 3.05. The molecule has 0 amide bonds. The fraction of sp³-hybridized carbons (Fsp3) is 0.400. The Morgan fingerprint density at radius 3 is 2.79 bits per heavy atom. The molecule has 0 N–H and O–H groups in total. The van der Waals surface area contributed by atoms with E-state index >= 15 is 0 Å². The summed E-state index contributed by atoms with van der Waals surface area (Å²) in [4.78, 5) is 15.5. The van der Waals surface area contributed by atoms with E-state index in [0.29, 0.717) is 11.7 Å². The standard InChI is InChI=1S/C10H11NO3/c1-6(2)8-10(12)14-9(11-8)7-4-3-5-13-7/h3-6,8H,1-2H3. The van der Waals surface area contributed by atoms with Crippen molar-refractivity contribution >= 4 is 11.9 Å². The Hall–Kier alpha value is -1.58. The van der Waals surface area contributed by atoms with Gasteiger partial charge in [-0.15, -0.1) is 0 Å². The van der Waals surface area contributed by atoms with Crippen molar-refractivity contribution in [3.63, 3.8) is 0 Å². The van der Waals surface area contributed by atoms with Crippen LogP contribution < -0.4 is 0 Å². The lowest BCUT2D eigenvalue weighted by molar-refractivity contribution is -0.135. The number of carbonyl (C=O) groups is 1. The number of hydrogen-bond donors (Lipinski definition) is 0. The zero-order valence-electron chi connectivity index (χ0n) is 8.06. The summed E-state index contributed by atoms with van der Waals surface area (Å²) in [5.41, 5.74) is 0. The Balaban J connectivity index is 2.25. The van der Waals surface area contributed by atoms with E-state index in [1.54, 1.807) is 12.1 Å². The van der Waals surface area contributed by atoms with Gasteiger partial charge in [-0.25, -0.2) is 9.79 Å². The van der Waals surface area contributed by atoms with Gasteiger partial charge in [0.15, 0.2) is 11.8 Å². The summed E-state index contributed by atoms with van der Waals surface area (Å²) in [5, 5.41) is 0.